The molecule has 0 saturated carbocycles. The molecule has 0 aliphatic rings. The average molecular weight is 364 g/mol. The Morgan fingerprint density at radius 2 is 1.78 bits per heavy atom. The number of hydrogen-bond acceptors (Lipinski definition) is 2. The number of hydrogen-bond donors (Lipinski definition) is 2. The van der Waals surface area contributed by atoms with Crippen molar-refractivity contribution in [3.63, 3.8) is 0 Å². The van der Waals surface area contributed by atoms with Gasteiger partial charge >= 0.3 is 0 Å². The highest BCUT2D eigenvalue weighted by Crippen LogP contribution is 2.31. The molecule has 4 nitrogen and oxygen atoms in total. The minimum atomic E-state index is 0.0736. The molecule has 1 heterocycles. The van der Waals surface area contributed by atoms with Gasteiger partial charge in [0.2, 0.25) is 5.91 Å². The molecule has 0 fully saturated rings. The number of methoxy groups -OCH3 is 1. The first-order valence-electron chi connectivity index (χ1n) is 9.65. The molecule has 0 spiro atoms. The summed E-state index contributed by atoms with van der Waals surface area (Å²) in [4.78, 5) is 15.9. The van der Waals surface area contributed by atoms with Gasteiger partial charge in [0.25, 0.3) is 0 Å². The Bertz CT molecular complexity index is 879. The van der Waals surface area contributed by atoms with E-state index < -0.39 is 0 Å². The van der Waals surface area contributed by atoms with Gasteiger partial charge in [-0.25, -0.2) is 0 Å². The highest BCUT2D eigenvalue weighted by atomic mass is 16.5. The number of benzene rings is 2. The first-order valence-corrected chi connectivity index (χ1v) is 9.65. The summed E-state index contributed by atoms with van der Waals surface area (Å²) in [5.74, 6) is 1.12. The Kier molecular flexibility index (Phi) is 6.17. The maximum absolute atomic E-state index is 12.5. The fourth-order valence-electron chi connectivity index (χ4n) is 3.63. The molecule has 2 N–H and O–H groups in total. The van der Waals surface area contributed by atoms with Gasteiger partial charge in [-0.3, -0.25) is 4.79 Å². The summed E-state index contributed by atoms with van der Waals surface area (Å²) in [7, 11) is 1.67. The first-order chi connectivity index (χ1) is 13.2. The number of H-pyrrole nitrogens is 1. The minimum Gasteiger partial charge on any atom is -0.497 e. The topological polar surface area (TPSA) is 54.1 Å². The van der Waals surface area contributed by atoms with Gasteiger partial charge in [0.15, 0.2) is 0 Å². The number of rotatable bonds is 8. The van der Waals surface area contributed by atoms with Crippen molar-refractivity contribution in [2.45, 2.75) is 32.6 Å². The summed E-state index contributed by atoms with van der Waals surface area (Å²) in [6, 6.07) is 16.4. The predicted octanol–water partition coefficient (Wildman–Crippen LogP) is 4.86. The number of aromatic nitrogens is 1. The van der Waals surface area contributed by atoms with Gasteiger partial charge in [-0.2, -0.15) is 0 Å². The Morgan fingerprint density at radius 3 is 2.44 bits per heavy atom. The minimum absolute atomic E-state index is 0.0736. The van der Waals surface area contributed by atoms with Crippen molar-refractivity contribution in [1.29, 1.82) is 0 Å². The van der Waals surface area contributed by atoms with Gasteiger partial charge in [0, 0.05) is 35.5 Å². The van der Waals surface area contributed by atoms with E-state index in [-0.39, 0.29) is 17.7 Å². The first kappa shape index (κ1) is 19.0. The van der Waals surface area contributed by atoms with Crippen LogP contribution < -0.4 is 10.1 Å². The molecule has 1 atom stereocenters. The fourth-order valence-corrected chi connectivity index (χ4v) is 3.63. The van der Waals surface area contributed by atoms with Crippen LogP contribution in [0.3, 0.4) is 0 Å². The van der Waals surface area contributed by atoms with Crippen molar-refractivity contribution in [3.8, 4) is 5.75 Å². The van der Waals surface area contributed by atoms with Crippen LogP contribution in [0.4, 0.5) is 0 Å². The van der Waals surface area contributed by atoms with E-state index in [4.69, 9.17) is 4.74 Å². The molecule has 27 heavy (non-hydrogen) atoms. The quantitative estimate of drug-likeness (QED) is 0.600. The van der Waals surface area contributed by atoms with Gasteiger partial charge in [-0.05, 0) is 42.2 Å². The number of carbonyl (C=O) groups excluding carboxylic acids is 1. The summed E-state index contributed by atoms with van der Waals surface area (Å²) in [6.07, 6.45) is 3.79. The van der Waals surface area contributed by atoms with Crippen molar-refractivity contribution in [3.05, 3.63) is 65.9 Å². The maximum Gasteiger partial charge on any atom is 0.223 e. The molecule has 0 radical (unpaired) electrons. The number of ether oxygens (including phenoxy) is 1. The number of amides is 1. The lowest BCUT2D eigenvalue weighted by molar-refractivity contribution is -0.125. The molecule has 2 aromatic carbocycles. The van der Waals surface area contributed by atoms with Gasteiger partial charge in [-0.1, -0.05) is 44.2 Å². The van der Waals surface area contributed by atoms with Gasteiger partial charge in [0.05, 0.1) is 7.11 Å². The van der Waals surface area contributed by atoms with Crippen LogP contribution in [0, 0.1) is 5.92 Å². The molecule has 1 amide bonds. The number of nitrogens with one attached hydrogen (secondary N) is 2. The molecular formula is C23H28N2O2. The second-order valence-electron chi connectivity index (χ2n) is 6.87. The molecule has 0 saturated heterocycles. The molecule has 0 aliphatic heterocycles. The molecule has 0 unspecified atom stereocenters. The van der Waals surface area contributed by atoms with Crippen molar-refractivity contribution in [2.24, 2.45) is 5.92 Å². The lowest BCUT2D eigenvalue weighted by Gasteiger charge is -2.20. The van der Waals surface area contributed by atoms with Crippen LogP contribution in [0.2, 0.25) is 0 Å². The Morgan fingerprint density at radius 1 is 1.07 bits per heavy atom. The monoisotopic (exact) mass is 364 g/mol. The molecule has 1 aromatic heterocycles. The Balaban J connectivity index is 1.92. The van der Waals surface area contributed by atoms with Crippen LogP contribution in [0.5, 0.6) is 5.75 Å². The van der Waals surface area contributed by atoms with Crippen molar-refractivity contribution < 1.29 is 9.53 Å². The third kappa shape index (κ3) is 4.16. The van der Waals surface area contributed by atoms with Crippen molar-refractivity contribution in [2.75, 3.05) is 13.7 Å². The number of fused-ring (bicyclic) bond motifs is 1. The van der Waals surface area contributed by atoms with Gasteiger partial charge < -0.3 is 15.0 Å². The fraction of sp³-hybridized carbons (Fsp3) is 0.348. The molecule has 0 aliphatic carbocycles. The average Bonchev–Trinajstić information content (AvgIpc) is 3.13. The lowest BCUT2D eigenvalue weighted by Crippen LogP contribution is -2.33. The number of para-hydroxylation sites is 1. The molecule has 4 heteroatoms. The largest absolute Gasteiger partial charge is 0.497 e. The normalized spacial score (nSPS) is 12.3. The third-order valence-electron chi connectivity index (χ3n) is 5.35. The van der Waals surface area contributed by atoms with Gasteiger partial charge in [0.1, 0.15) is 5.75 Å². The van der Waals surface area contributed by atoms with E-state index in [9.17, 15) is 4.79 Å². The Hall–Kier alpha value is -2.75. The zero-order chi connectivity index (χ0) is 19.2. The second kappa shape index (κ2) is 8.76. The number of aromatic amines is 1. The zero-order valence-electron chi connectivity index (χ0n) is 16.3. The standard InChI is InChI=1S/C23H28N2O2/c1-4-16(5-2)23(26)25-14-20(17-10-12-18(27-3)13-11-17)21-15-24-22-9-7-6-8-19(21)22/h6-13,15-16,20,24H,4-5,14H2,1-3H3,(H,25,26)/t20-/m1/s1. The van der Waals surface area contributed by atoms with E-state index in [1.165, 1.54) is 10.9 Å². The smallest absolute Gasteiger partial charge is 0.223 e. The van der Waals surface area contributed by atoms with Crippen LogP contribution in [0.1, 0.15) is 43.7 Å². The SMILES string of the molecule is CCC(CC)C(=O)NC[C@H](c1ccc(OC)cc1)c1c[nH]c2ccccc12. The summed E-state index contributed by atoms with van der Waals surface area (Å²) in [5.41, 5.74) is 3.46. The summed E-state index contributed by atoms with van der Waals surface area (Å²) < 4.78 is 5.29. The van der Waals surface area contributed by atoms with Crippen LogP contribution >= 0.6 is 0 Å². The zero-order valence-corrected chi connectivity index (χ0v) is 16.3. The second-order valence-corrected chi connectivity index (χ2v) is 6.87. The Labute approximate surface area is 160 Å². The van der Waals surface area contributed by atoms with E-state index in [0.29, 0.717) is 6.54 Å². The van der Waals surface area contributed by atoms with E-state index >= 15 is 0 Å². The van der Waals surface area contributed by atoms with E-state index in [1.54, 1.807) is 7.11 Å². The third-order valence-corrected chi connectivity index (χ3v) is 5.35. The van der Waals surface area contributed by atoms with Gasteiger partial charge in [-0.15, -0.1) is 0 Å². The summed E-state index contributed by atoms with van der Waals surface area (Å²) in [5, 5.41) is 4.37. The highest BCUT2D eigenvalue weighted by molar-refractivity contribution is 5.84. The molecule has 142 valence electrons. The van der Waals surface area contributed by atoms with Crippen LogP contribution in [0.15, 0.2) is 54.7 Å². The van der Waals surface area contributed by atoms with E-state index in [1.807, 2.05) is 24.3 Å². The van der Waals surface area contributed by atoms with Crippen LogP contribution in [-0.4, -0.2) is 24.5 Å². The van der Waals surface area contributed by atoms with Crippen molar-refractivity contribution in [1.82, 2.24) is 10.3 Å². The van der Waals surface area contributed by atoms with E-state index in [2.05, 4.69) is 54.6 Å². The molecule has 0 bridgehead atoms. The van der Waals surface area contributed by atoms with E-state index in [0.717, 1.165) is 29.7 Å². The number of carbonyl (C=O) groups is 1. The van der Waals surface area contributed by atoms with Crippen LogP contribution in [0.25, 0.3) is 10.9 Å². The summed E-state index contributed by atoms with van der Waals surface area (Å²) >= 11 is 0. The van der Waals surface area contributed by atoms with Crippen LogP contribution in [-0.2, 0) is 4.79 Å². The molecular weight excluding hydrogens is 336 g/mol. The van der Waals surface area contributed by atoms with Crippen molar-refractivity contribution >= 4 is 16.8 Å². The molecule has 3 rings (SSSR count). The summed E-state index contributed by atoms with van der Waals surface area (Å²) in [6.45, 7) is 4.70. The predicted molar refractivity (Wildman–Crippen MR) is 110 cm³/mol. The lowest BCUT2D eigenvalue weighted by atomic mass is 9.90. The molecule has 3 aromatic rings. The highest BCUT2D eigenvalue weighted by Gasteiger charge is 2.21. The maximum atomic E-state index is 12.5.